The first-order chi connectivity index (χ1) is 9.51. The van der Waals surface area contributed by atoms with Crippen molar-refractivity contribution in [2.24, 2.45) is 0 Å². The number of nitrogen functional groups attached to an aromatic ring is 1. The quantitative estimate of drug-likeness (QED) is 0.854. The van der Waals surface area contributed by atoms with Gasteiger partial charge in [0.15, 0.2) is 0 Å². The number of benzene rings is 2. The summed E-state index contributed by atoms with van der Waals surface area (Å²) in [5.74, 6) is -0.457. The molecule has 0 unspecified atom stereocenters. The van der Waals surface area contributed by atoms with Crippen LogP contribution in [0.3, 0.4) is 0 Å². The van der Waals surface area contributed by atoms with Crippen molar-refractivity contribution in [1.29, 1.82) is 0 Å². The minimum Gasteiger partial charge on any atom is -0.495 e. The number of nitrogens with one attached hydrogen (secondary N) is 1. The number of nitrogens with two attached hydrogens (primary N) is 1. The highest BCUT2D eigenvalue weighted by Crippen LogP contribution is 2.25. The van der Waals surface area contributed by atoms with Crippen molar-refractivity contribution in [2.75, 3.05) is 18.2 Å². The molecule has 0 aliphatic carbocycles. The summed E-state index contributed by atoms with van der Waals surface area (Å²) in [6, 6.07) is 8.62. The molecule has 0 saturated heterocycles. The average molecular weight is 295 g/mol. The Kier molecular flexibility index (Phi) is 4.10. The van der Waals surface area contributed by atoms with E-state index in [2.05, 4.69) is 5.32 Å². The first kappa shape index (κ1) is 14.1. The third kappa shape index (κ3) is 3.00. The van der Waals surface area contributed by atoms with E-state index in [9.17, 15) is 9.18 Å². The van der Waals surface area contributed by atoms with Crippen LogP contribution in [0.5, 0.6) is 5.75 Å². The normalized spacial score (nSPS) is 10.2. The van der Waals surface area contributed by atoms with Crippen LogP contribution < -0.4 is 15.8 Å². The lowest BCUT2D eigenvalue weighted by Gasteiger charge is -2.09. The lowest BCUT2D eigenvalue weighted by Crippen LogP contribution is -2.12. The molecule has 0 fully saturated rings. The molecule has 4 nitrogen and oxygen atoms in total. The predicted octanol–water partition coefficient (Wildman–Crippen LogP) is 3.32. The van der Waals surface area contributed by atoms with E-state index in [1.165, 1.54) is 19.2 Å². The van der Waals surface area contributed by atoms with E-state index in [0.29, 0.717) is 17.1 Å². The standard InChI is InChI=1S/C14H12ClFN2O2/c1-20-13-5-3-9(7-12(13)17)18-14(19)8-2-4-11(16)10(15)6-8/h2-7H,17H2,1H3,(H,18,19). The van der Waals surface area contributed by atoms with Gasteiger partial charge in [0.1, 0.15) is 11.6 Å². The van der Waals surface area contributed by atoms with E-state index < -0.39 is 11.7 Å². The molecular formula is C14H12ClFN2O2. The van der Waals surface area contributed by atoms with Crippen molar-refractivity contribution in [3.8, 4) is 5.75 Å². The van der Waals surface area contributed by atoms with Gasteiger partial charge in [-0.05, 0) is 36.4 Å². The van der Waals surface area contributed by atoms with Crippen LogP contribution in [0.15, 0.2) is 36.4 Å². The Labute approximate surface area is 120 Å². The molecule has 0 radical (unpaired) electrons. The molecule has 20 heavy (non-hydrogen) atoms. The lowest BCUT2D eigenvalue weighted by atomic mass is 10.2. The summed E-state index contributed by atoms with van der Waals surface area (Å²) in [4.78, 5) is 12.0. The molecule has 0 saturated carbocycles. The summed E-state index contributed by atoms with van der Waals surface area (Å²) in [5, 5.41) is 2.54. The van der Waals surface area contributed by atoms with Gasteiger partial charge in [0.05, 0.1) is 17.8 Å². The van der Waals surface area contributed by atoms with Gasteiger partial charge < -0.3 is 15.8 Å². The number of halogens is 2. The van der Waals surface area contributed by atoms with Gasteiger partial charge in [0, 0.05) is 11.3 Å². The van der Waals surface area contributed by atoms with E-state index in [1.807, 2.05) is 0 Å². The number of methoxy groups -OCH3 is 1. The zero-order chi connectivity index (χ0) is 14.7. The van der Waals surface area contributed by atoms with E-state index >= 15 is 0 Å². The van der Waals surface area contributed by atoms with Crippen molar-refractivity contribution in [2.45, 2.75) is 0 Å². The maximum atomic E-state index is 13.0. The number of hydrogen-bond acceptors (Lipinski definition) is 3. The van der Waals surface area contributed by atoms with Crippen LogP contribution in [0, 0.1) is 5.82 Å². The van der Waals surface area contributed by atoms with Crippen LogP contribution >= 0.6 is 11.6 Å². The Morgan fingerprint density at radius 3 is 2.65 bits per heavy atom. The summed E-state index contributed by atoms with van der Waals surface area (Å²) in [6.45, 7) is 0. The molecule has 104 valence electrons. The van der Waals surface area contributed by atoms with Gasteiger partial charge >= 0.3 is 0 Å². The van der Waals surface area contributed by atoms with E-state index in [1.54, 1.807) is 18.2 Å². The molecule has 0 heterocycles. The van der Waals surface area contributed by atoms with Gasteiger partial charge in [0.2, 0.25) is 0 Å². The number of rotatable bonds is 3. The SMILES string of the molecule is COc1ccc(NC(=O)c2ccc(F)c(Cl)c2)cc1N. The molecule has 0 aromatic heterocycles. The molecule has 1 amide bonds. The van der Waals surface area contributed by atoms with Crippen molar-refractivity contribution >= 4 is 28.9 Å². The van der Waals surface area contributed by atoms with Crippen LogP contribution in [-0.2, 0) is 0 Å². The summed E-state index contributed by atoms with van der Waals surface area (Å²) < 4.78 is 18.1. The largest absolute Gasteiger partial charge is 0.495 e. The highest BCUT2D eigenvalue weighted by Gasteiger charge is 2.10. The number of anilines is 2. The van der Waals surface area contributed by atoms with Crippen molar-refractivity contribution < 1.29 is 13.9 Å². The smallest absolute Gasteiger partial charge is 0.255 e. The highest BCUT2D eigenvalue weighted by atomic mass is 35.5. The third-order valence-electron chi connectivity index (χ3n) is 2.67. The summed E-state index contributed by atoms with van der Waals surface area (Å²) in [6.07, 6.45) is 0. The molecule has 0 aliphatic rings. The molecule has 3 N–H and O–H groups in total. The second-order valence-corrected chi connectivity index (χ2v) is 4.45. The minimum atomic E-state index is -0.572. The number of carbonyl (C=O) groups is 1. The first-order valence-electron chi connectivity index (χ1n) is 5.71. The van der Waals surface area contributed by atoms with Gasteiger partial charge in [-0.2, -0.15) is 0 Å². The second-order valence-electron chi connectivity index (χ2n) is 4.04. The molecule has 0 aliphatic heterocycles. The van der Waals surface area contributed by atoms with Crippen molar-refractivity contribution in [3.63, 3.8) is 0 Å². The summed E-state index contributed by atoms with van der Waals surface area (Å²) in [5.41, 5.74) is 6.91. The molecule has 2 aromatic rings. The van der Waals surface area contributed by atoms with E-state index in [4.69, 9.17) is 22.1 Å². The zero-order valence-electron chi connectivity index (χ0n) is 10.6. The Hall–Kier alpha value is -2.27. The van der Waals surface area contributed by atoms with Gasteiger partial charge in [0.25, 0.3) is 5.91 Å². The number of carbonyl (C=O) groups excluding carboxylic acids is 1. The zero-order valence-corrected chi connectivity index (χ0v) is 11.4. The van der Waals surface area contributed by atoms with Crippen LogP contribution in [0.2, 0.25) is 5.02 Å². The molecule has 2 aromatic carbocycles. The second kappa shape index (κ2) is 5.79. The summed E-state index contributed by atoms with van der Waals surface area (Å²) >= 11 is 5.63. The monoisotopic (exact) mass is 294 g/mol. The number of hydrogen-bond donors (Lipinski definition) is 2. The fourth-order valence-corrected chi connectivity index (χ4v) is 1.83. The van der Waals surface area contributed by atoms with Crippen LogP contribution in [0.1, 0.15) is 10.4 Å². The number of amides is 1. The molecule has 0 atom stereocenters. The first-order valence-corrected chi connectivity index (χ1v) is 6.09. The lowest BCUT2D eigenvalue weighted by molar-refractivity contribution is 0.102. The van der Waals surface area contributed by atoms with Gasteiger partial charge in [-0.25, -0.2) is 4.39 Å². The Morgan fingerprint density at radius 2 is 2.05 bits per heavy atom. The molecule has 2 rings (SSSR count). The fraction of sp³-hybridized carbons (Fsp3) is 0.0714. The Morgan fingerprint density at radius 1 is 1.30 bits per heavy atom. The van der Waals surface area contributed by atoms with Gasteiger partial charge in [-0.1, -0.05) is 11.6 Å². The van der Waals surface area contributed by atoms with Gasteiger partial charge in [-0.3, -0.25) is 4.79 Å². The average Bonchev–Trinajstić information content (AvgIpc) is 2.42. The Balaban J connectivity index is 2.19. The van der Waals surface area contributed by atoms with Crippen molar-refractivity contribution in [1.82, 2.24) is 0 Å². The maximum Gasteiger partial charge on any atom is 0.255 e. The van der Waals surface area contributed by atoms with Crippen molar-refractivity contribution in [3.05, 3.63) is 52.8 Å². The van der Waals surface area contributed by atoms with Crippen LogP contribution in [0.25, 0.3) is 0 Å². The molecule has 6 heteroatoms. The molecular weight excluding hydrogens is 283 g/mol. The third-order valence-corrected chi connectivity index (χ3v) is 2.96. The van der Waals surface area contributed by atoms with Gasteiger partial charge in [-0.15, -0.1) is 0 Å². The maximum absolute atomic E-state index is 13.0. The van der Waals surface area contributed by atoms with E-state index in [0.717, 1.165) is 6.07 Å². The molecule has 0 spiro atoms. The predicted molar refractivity (Wildman–Crippen MR) is 76.8 cm³/mol. The fourth-order valence-electron chi connectivity index (χ4n) is 1.65. The Bertz CT molecular complexity index is 662. The van der Waals surface area contributed by atoms with Crippen LogP contribution in [0.4, 0.5) is 15.8 Å². The number of ether oxygens (including phenoxy) is 1. The van der Waals surface area contributed by atoms with E-state index in [-0.39, 0.29) is 10.6 Å². The van der Waals surface area contributed by atoms with Crippen LogP contribution in [-0.4, -0.2) is 13.0 Å². The summed E-state index contributed by atoms with van der Waals surface area (Å²) in [7, 11) is 1.50. The topological polar surface area (TPSA) is 64.3 Å². The highest BCUT2D eigenvalue weighted by molar-refractivity contribution is 6.31. The minimum absolute atomic E-state index is 0.105. The molecule has 0 bridgehead atoms.